The maximum absolute atomic E-state index is 13.3. The van der Waals surface area contributed by atoms with Crippen LogP contribution >= 0.6 is 23.4 Å². The first-order chi connectivity index (χ1) is 15.4. The Labute approximate surface area is 197 Å². The number of anilines is 2. The Morgan fingerprint density at radius 2 is 1.81 bits per heavy atom. The van der Waals surface area contributed by atoms with Crippen LogP contribution in [0.5, 0.6) is 0 Å². The average Bonchev–Trinajstić information content (AvgIpc) is 2.81. The minimum atomic E-state index is -0.242. The largest absolute Gasteiger partial charge is 0.496 e. The quantitative estimate of drug-likeness (QED) is 0.709. The number of ether oxygens (including phenoxy) is 1. The number of para-hydroxylation sites is 1. The van der Waals surface area contributed by atoms with Gasteiger partial charge in [0.15, 0.2) is 0 Å². The molecule has 0 aliphatic carbocycles. The molecule has 0 aromatic heterocycles. The molecule has 6 nitrogen and oxygen atoms in total. The van der Waals surface area contributed by atoms with Gasteiger partial charge in [-0.15, -0.1) is 11.8 Å². The highest BCUT2D eigenvalue weighted by molar-refractivity contribution is 8.04. The van der Waals surface area contributed by atoms with E-state index in [9.17, 15) is 9.59 Å². The molecule has 168 valence electrons. The number of hydrogen-bond donors (Lipinski definition) is 1. The van der Waals surface area contributed by atoms with Crippen LogP contribution in [0.1, 0.15) is 22.8 Å². The van der Waals surface area contributed by atoms with E-state index in [-0.39, 0.29) is 11.8 Å². The van der Waals surface area contributed by atoms with Crippen molar-refractivity contribution in [3.8, 4) is 0 Å². The van der Waals surface area contributed by atoms with Crippen LogP contribution < -0.4 is 10.2 Å². The number of amides is 2. The minimum absolute atomic E-state index is 0.0818. The van der Waals surface area contributed by atoms with Crippen molar-refractivity contribution in [2.24, 2.45) is 0 Å². The van der Waals surface area contributed by atoms with Gasteiger partial charge in [0.05, 0.1) is 17.9 Å². The van der Waals surface area contributed by atoms with E-state index in [1.54, 1.807) is 19.1 Å². The zero-order valence-electron chi connectivity index (χ0n) is 18.2. The van der Waals surface area contributed by atoms with Gasteiger partial charge in [-0.25, -0.2) is 0 Å². The van der Waals surface area contributed by atoms with Crippen molar-refractivity contribution in [2.75, 3.05) is 48.8 Å². The average molecular weight is 472 g/mol. The summed E-state index contributed by atoms with van der Waals surface area (Å²) < 4.78 is 5.49. The molecule has 1 N–H and O–H groups in total. The normalized spacial score (nSPS) is 16.6. The molecule has 0 unspecified atom stereocenters. The molecule has 0 atom stereocenters. The van der Waals surface area contributed by atoms with E-state index in [1.165, 1.54) is 11.8 Å². The third kappa shape index (κ3) is 4.89. The second kappa shape index (κ2) is 9.88. The molecule has 2 aliphatic heterocycles. The fourth-order valence-electron chi connectivity index (χ4n) is 3.93. The summed E-state index contributed by atoms with van der Waals surface area (Å²) in [5.41, 5.74) is 3.28. The van der Waals surface area contributed by atoms with Crippen molar-refractivity contribution in [2.45, 2.75) is 13.8 Å². The zero-order valence-corrected chi connectivity index (χ0v) is 19.8. The van der Waals surface area contributed by atoms with Crippen molar-refractivity contribution in [1.82, 2.24) is 4.90 Å². The second-order valence-electron chi connectivity index (χ2n) is 7.79. The van der Waals surface area contributed by atoms with Crippen LogP contribution in [0, 0.1) is 6.92 Å². The molecule has 8 heteroatoms. The Balaban J connectivity index is 1.45. The molecule has 0 radical (unpaired) electrons. The number of nitrogens with zero attached hydrogens (tertiary/aromatic N) is 2. The van der Waals surface area contributed by atoms with E-state index in [0.717, 1.165) is 30.1 Å². The lowest BCUT2D eigenvalue weighted by atomic mass is 10.1. The molecule has 1 fully saturated rings. The van der Waals surface area contributed by atoms with Crippen molar-refractivity contribution in [3.05, 3.63) is 69.3 Å². The summed E-state index contributed by atoms with van der Waals surface area (Å²) in [6, 6.07) is 13.0. The molecule has 32 heavy (non-hydrogen) atoms. The van der Waals surface area contributed by atoms with Gasteiger partial charge in [-0.2, -0.15) is 0 Å². The van der Waals surface area contributed by atoms with E-state index in [4.69, 9.17) is 16.3 Å². The van der Waals surface area contributed by atoms with E-state index in [1.807, 2.05) is 35.2 Å². The van der Waals surface area contributed by atoms with Gasteiger partial charge >= 0.3 is 0 Å². The van der Waals surface area contributed by atoms with Gasteiger partial charge in [0.2, 0.25) is 0 Å². The van der Waals surface area contributed by atoms with E-state index < -0.39 is 0 Å². The van der Waals surface area contributed by atoms with Crippen LogP contribution in [-0.4, -0.2) is 55.3 Å². The topological polar surface area (TPSA) is 61.9 Å². The lowest BCUT2D eigenvalue weighted by molar-refractivity contribution is -0.112. The molecule has 0 spiro atoms. The predicted octanol–water partition coefficient (Wildman–Crippen LogP) is 4.54. The van der Waals surface area contributed by atoms with Crippen molar-refractivity contribution < 1.29 is 14.3 Å². The number of hydrogen-bond acceptors (Lipinski definition) is 5. The van der Waals surface area contributed by atoms with Crippen LogP contribution in [0.15, 0.2) is 53.1 Å². The molecule has 0 saturated carbocycles. The number of nitrogens with one attached hydrogen (secondary N) is 1. The molecule has 2 amide bonds. The summed E-state index contributed by atoms with van der Waals surface area (Å²) in [5, 5.41) is 3.62. The lowest BCUT2D eigenvalue weighted by Gasteiger charge is -2.37. The zero-order chi connectivity index (χ0) is 22.7. The van der Waals surface area contributed by atoms with Crippen molar-refractivity contribution >= 4 is 46.6 Å². The molecule has 1 saturated heterocycles. The van der Waals surface area contributed by atoms with Crippen molar-refractivity contribution in [3.63, 3.8) is 0 Å². The van der Waals surface area contributed by atoms with Crippen molar-refractivity contribution in [1.29, 1.82) is 0 Å². The number of allylic oxidation sites excluding steroid dienone is 1. The summed E-state index contributed by atoms with van der Waals surface area (Å²) in [6.45, 7) is 7.10. The monoisotopic (exact) mass is 471 g/mol. The first-order valence-electron chi connectivity index (χ1n) is 10.6. The smallest absolute Gasteiger partial charge is 0.265 e. The van der Waals surface area contributed by atoms with E-state index in [0.29, 0.717) is 46.6 Å². The molecule has 2 aliphatic rings. The highest BCUT2D eigenvalue weighted by atomic mass is 35.5. The first kappa shape index (κ1) is 22.6. The number of carbonyl (C=O) groups is 2. The van der Waals surface area contributed by atoms with E-state index >= 15 is 0 Å². The predicted molar refractivity (Wildman–Crippen MR) is 130 cm³/mol. The highest BCUT2D eigenvalue weighted by Gasteiger charge is 2.26. The highest BCUT2D eigenvalue weighted by Crippen LogP contribution is 2.29. The van der Waals surface area contributed by atoms with Gasteiger partial charge in [0.1, 0.15) is 10.7 Å². The third-order valence-corrected chi connectivity index (χ3v) is 7.03. The van der Waals surface area contributed by atoms with Gasteiger partial charge < -0.3 is 19.9 Å². The fraction of sp³-hybridized carbons (Fsp3) is 0.333. The number of benzene rings is 2. The number of halogens is 1. The Kier molecular flexibility index (Phi) is 6.96. The summed E-state index contributed by atoms with van der Waals surface area (Å²) in [6.07, 6.45) is 0. The lowest BCUT2D eigenvalue weighted by Crippen LogP contribution is -2.49. The Morgan fingerprint density at radius 1 is 1.06 bits per heavy atom. The fourth-order valence-corrected chi connectivity index (χ4v) is 4.91. The number of thioether (sulfide) groups is 1. The van der Waals surface area contributed by atoms with Gasteiger partial charge in [-0.1, -0.05) is 29.8 Å². The van der Waals surface area contributed by atoms with Crippen LogP contribution in [0.4, 0.5) is 11.4 Å². The van der Waals surface area contributed by atoms with Gasteiger partial charge in [-0.3, -0.25) is 9.59 Å². The standard InChI is InChI=1S/C24H26ClN3O3S/c1-16-7-8-18(25)15-21(16)27-9-11-28(12-10-27)24(30)19-5-3-4-6-20(19)26-23(29)22-17(2)31-13-14-32-22/h3-8,15H,9-14H2,1-2H3,(H,26,29). The van der Waals surface area contributed by atoms with E-state index in [2.05, 4.69) is 17.1 Å². The molecular formula is C24H26ClN3O3S. The van der Waals surface area contributed by atoms with Crippen LogP contribution in [0.3, 0.4) is 0 Å². The number of rotatable bonds is 4. The third-order valence-electron chi connectivity index (χ3n) is 5.66. The maximum atomic E-state index is 13.3. The summed E-state index contributed by atoms with van der Waals surface area (Å²) in [4.78, 5) is 30.7. The SMILES string of the molecule is CC1=C(C(=O)Nc2ccccc2C(=O)N2CCN(c3cc(Cl)ccc3C)CC2)SCCO1. The molecule has 4 rings (SSSR count). The molecular weight excluding hydrogens is 446 g/mol. The molecule has 2 heterocycles. The maximum Gasteiger partial charge on any atom is 0.265 e. The molecule has 0 bridgehead atoms. The summed E-state index contributed by atoms with van der Waals surface area (Å²) in [7, 11) is 0. The number of aryl methyl sites for hydroxylation is 1. The molecule has 2 aromatic rings. The van der Waals surface area contributed by atoms with Gasteiger partial charge in [0.25, 0.3) is 11.8 Å². The van der Waals surface area contributed by atoms with Crippen LogP contribution in [-0.2, 0) is 9.53 Å². The van der Waals surface area contributed by atoms with Gasteiger partial charge in [-0.05, 0) is 43.7 Å². The number of piperazine rings is 1. The second-order valence-corrected chi connectivity index (χ2v) is 9.33. The number of carbonyl (C=O) groups excluding carboxylic acids is 2. The summed E-state index contributed by atoms with van der Waals surface area (Å²) >= 11 is 7.65. The Hall–Kier alpha value is -2.64. The first-order valence-corrected chi connectivity index (χ1v) is 12.0. The Morgan fingerprint density at radius 3 is 2.56 bits per heavy atom. The Bertz CT molecular complexity index is 1060. The van der Waals surface area contributed by atoms with Crippen LogP contribution in [0.25, 0.3) is 0 Å². The van der Waals surface area contributed by atoms with Crippen LogP contribution in [0.2, 0.25) is 5.02 Å². The van der Waals surface area contributed by atoms with Gasteiger partial charge in [0, 0.05) is 42.6 Å². The minimum Gasteiger partial charge on any atom is -0.496 e. The summed E-state index contributed by atoms with van der Waals surface area (Å²) in [5.74, 6) is 1.03. The molecule has 2 aromatic carbocycles.